The van der Waals surface area contributed by atoms with E-state index in [1.165, 1.54) is 5.56 Å². The SMILES string of the molecule is CC(Br)C1CCN(C(=O)CCc2ccccc2)CC1. The van der Waals surface area contributed by atoms with E-state index in [-0.39, 0.29) is 0 Å². The van der Waals surface area contributed by atoms with Crippen molar-refractivity contribution in [3.05, 3.63) is 35.9 Å². The van der Waals surface area contributed by atoms with Crippen molar-refractivity contribution in [3.63, 3.8) is 0 Å². The molecule has 1 unspecified atom stereocenters. The number of rotatable bonds is 4. The summed E-state index contributed by atoms with van der Waals surface area (Å²) in [6.07, 6.45) is 3.75. The molecule has 0 radical (unpaired) electrons. The Kier molecular flexibility index (Phi) is 5.44. The average molecular weight is 324 g/mol. The van der Waals surface area contributed by atoms with Gasteiger partial charge in [0.05, 0.1) is 0 Å². The summed E-state index contributed by atoms with van der Waals surface area (Å²) in [7, 11) is 0. The normalized spacial score (nSPS) is 18.3. The van der Waals surface area contributed by atoms with Gasteiger partial charge < -0.3 is 4.90 Å². The number of hydrogen-bond donors (Lipinski definition) is 0. The smallest absolute Gasteiger partial charge is 0.222 e. The molecule has 1 atom stereocenters. The van der Waals surface area contributed by atoms with E-state index in [0.717, 1.165) is 38.3 Å². The van der Waals surface area contributed by atoms with Crippen LogP contribution in [0.2, 0.25) is 0 Å². The molecule has 0 aromatic heterocycles. The van der Waals surface area contributed by atoms with Gasteiger partial charge in [-0.3, -0.25) is 4.79 Å². The molecule has 0 saturated carbocycles. The predicted molar refractivity (Wildman–Crippen MR) is 82.5 cm³/mol. The fourth-order valence-corrected chi connectivity index (χ4v) is 3.19. The Morgan fingerprint density at radius 2 is 1.95 bits per heavy atom. The molecule has 1 aromatic carbocycles. The molecule has 19 heavy (non-hydrogen) atoms. The number of nitrogens with zero attached hydrogens (tertiary/aromatic N) is 1. The summed E-state index contributed by atoms with van der Waals surface area (Å²) >= 11 is 3.65. The van der Waals surface area contributed by atoms with Crippen LogP contribution in [-0.4, -0.2) is 28.7 Å². The summed E-state index contributed by atoms with van der Waals surface area (Å²) in [5.74, 6) is 1.03. The number of aryl methyl sites for hydroxylation is 1. The minimum absolute atomic E-state index is 0.310. The third-order valence-electron chi connectivity index (χ3n) is 4.01. The van der Waals surface area contributed by atoms with Crippen molar-refractivity contribution in [2.75, 3.05) is 13.1 Å². The van der Waals surface area contributed by atoms with Crippen molar-refractivity contribution in [3.8, 4) is 0 Å². The van der Waals surface area contributed by atoms with E-state index in [1.807, 2.05) is 23.1 Å². The molecule has 0 aliphatic carbocycles. The molecule has 0 bridgehead atoms. The second-order valence-electron chi connectivity index (χ2n) is 5.38. The van der Waals surface area contributed by atoms with Crippen LogP contribution in [0.1, 0.15) is 31.7 Å². The van der Waals surface area contributed by atoms with Crippen molar-refractivity contribution in [2.45, 2.75) is 37.4 Å². The molecule has 0 spiro atoms. The average Bonchev–Trinajstić information content (AvgIpc) is 2.46. The van der Waals surface area contributed by atoms with E-state index in [9.17, 15) is 4.79 Å². The van der Waals surface area contributed by atoms with Crippen molar-refractivity contribution in [1.82, 2.24) is 4.90 Å². The zero-order valence-corrected chi connectivity index (χ0v) is 13.1. The van der Waals surface area contributed by atoms with Crippen LogP contribution in [-0.2, 0) is 11.2 Å². The number of amides is 1. The zero-order chi connectivity index (χ0) is 13.7. The molecule has 2 nitrogen and oxygen atoms in total. The van der Waals surface area contributed by atoms with Gasteiger partial charge in [0.25, 0.3) is 0 Å². The summed E-state index contributed by atoms with van der Waals surface area (Å²) < 4.78 is 0. The Morgan fingerprint density at radius 3 is 2.53 bits per heavy atom. The van der Waals surface area contributed by atoms with Gasteiger partial charge in [-0.2, -0.15) is 0 Å². The fourth-order valence-electron chi connectivity index (χ4n) is 2.66. The van der Waals surface area contributed by atoms with Crippen LogP contribution in [0.5, 0.6) is 0 Å². The van der Waals surface area contributed by atoms with Crippen molar-refractivity contribution < 1.29 is 4.79 Å². The zero-order valence-electron chi connectivity index (χ0n) is 11.5. The number of halogens is 1. The Labute approximate surface area is 124 Å². The molecular formula is C16H22BrNO. The number of carbonyl (C=O) groups is 1. The van der Waals surface area contributed by atoms with E-state index < -0.39 is 0 Å². The summed E-state index contributed by atoms with van der Waals surface area (Å²) in [5.41, 5.74) is 1.25. The molecule has 1 aliphatic rings. The number of hydrogen-bond acceptors (Lipinski definition) is 1. The van der Waals surface area contributed by atoms with Crippen molar-refractivity contribution in [1.29, 1.82) is 0 Å². The van der Waals surface area contributed by atoms with Gasteiger partial charge in [0.15, 0.2) is 0 Å². The van der Waals surface area contributed by atoms with Gasteiger partial charge in [0, 0.05) is 24.3 Å². The quantitative estimate of drug-likeness (QED) is 0.775. The van der Waals surface area contributed by atoms with Crippen LogP contribution >= 0.6 is 15.9 Å². The Morgan fingerprint density at radius 1 is 1.32 bits per heavy atom. The van der Waals surface area contributed by atoms with E-state index in [4.69, 9.17) is 0 Å². The molecule has 1 aromatic rings. The lowest BCUT2D eigenvalue weighted by Crippen LogP contribution is -2.40. The van der Waals surface area contributed by atoms with Crippen LogP contribution < -0.4 is 0 Å². The third-order valence-corrected chi connectivity index (χ3v) is 4.76. The molecule has 3 heteroatoms. The number of benzene rings is 1. The Balaban J connectivity index is 1.76. The van der Waals surface area contributed by atoms with Gasteiger partial charge in [-0.25, -0.2) is 0 Å². The van der Waals surface area contributed by atoms with Gasteiger partial charge in [0.1, 0.15) is 0 Å². The van der Waals surface area contributed by atoms with Gasteiger partial charge >= 0.3 is 0 Å². The summed E-state index contributed by atoms with van der Waals surface area (Å²) in [4.78, 5) is 14.8. The maximum absolute atomic E-state index is 12.2. The van der Waals surface area contributed by atoms with Gasteiger partial charge in [-0.15, -0.1) is 0 Å². The predicted octanol–water partition coefficient (Wildman–Crippen LogP) is 3.64. The minimum atomic E-state index is 0.310. The van der Waals surface area contributed by atoms with E-state index in [2.05, 4.69) is 35.0 Å². The van der Waals surface area contributed by atoms with Gasteiger partial charge in [-0.1, -0.05) is 53.2 Å². The number of likely N-dealkylation sites (tertiary alicyclic amines) is 1. The van der Waals surface area contributed by atoms with Crippen LogP contribution in [0.3, 0.4) is 0 Å². The Hall–Kier alpha value is -0.830. The highest BCUT2D eigenvalue weighted by Gasteiger charge is 2.24. The van der Waals surface area contributed by atoms with Crippen molar-refractivity contribution in [2.24, 2.45) is 5.92 Å². The van der Waals surface area contributed by atoms with Crippen molar-refractivity contribution >= 4 is 21.8 Å². The second kappa shape index (κ2) is 7.09. The van der Waals surface area contributed by atoms with Crippen LogP contribution in [0.4, 0.5) is 0 Å². The van der Waals surface area contributed by atoms with E-state index in [0.29, 0.717) is 17.2 Å². The summed E-state index contributed by atoms with van der Waals surface area (Å²) in [6, 6.07) is 10.3. The molecule has 1 fully saturated rings. The molecule has 1 saturated heterocycles. The molecule has 1 heterocycles. The number of alkyl halides is 1. The first kappa shape index (κ1) is 14.6. The number of carbonyl (C=O) groups excluding carboxylic acids is 1. The Bertz CT molecular complexity index is 396. The highest BCUT2D eigenvalue weighted by Crippen LogP contribution is 2.25. The fraction of sp³-hybridized carbons (Fsp3) is 0.562. The van der Waals surface area contributed by atoms with Gasteiger partial charge in [0.2, 0.25) is 5.91 Å². The molecule has 1 amide bonds. The first-order valence-electron chi connectivity index (χ1n) is 7.12. The van der Waals surface area contributed by atoms with Crippen LogP contribution in [0.15, 0.2) is 30.3 Å². The maximum Gasteiger partial charge on any atom is 0.222 e. The van der Waals surface area contributed by atoms with Crippen LogP contribution in [0.25, 0.3) is 0 Å². The topological polar surface area (TPSA) is 20.3 Å². The minimum Gasteiger partial charge on any atom is -0.343 e. The lowest BCUT2D eigenvalue weighted by atomic mass is 9.94. The molecule has 104 valence electrons. The summed E-state index contributed by atoms with van der Waals surface area (Å²) in [6.45, 7) is 4.06. The highest BCUT2D eigenvalue weighted by atomic mass is 79.9. The first-order valence-corrected chi connectivity index (χ1v) is 8.04. The lowest BCUT2D eigenvalue weighted by molar-refractivity contribution is -0.132. The first-order chi connectivity index (χ1) is 9.16. The van der Waals surface area contributed by atoms with Crippen LogP contribution in [0, 0.1) is 5.92 Å². The largest absolute Gasteiger partial charge is 0.343 e. The molecule has 1 aliphatic heterocycles. The molecule has 2 rings (SSSR count). The second-order valence-corrected chi connectivity index (χ2v) is 6.83. The standard InChI is InChI=1S/C16H22BrNO/c1-13(17)15-9-11-18(12-10-15)16(19)8-7-14-5-3-2-4-6-14/h2-6,13,15H,7-12H2,1H3. The number of piperidine rings is 1. The van der Waals surface area contributed by atoms with E-state index >= 15 is 0 Å². The van der Waals surface area contributed by atoms with E-state index in [1.54, 1.807) is 0 Å². The lowest BCUT2D eigenvalue weighted by Gasteiger charge is -2.33. The maximum atomic E-state index is 12.2. The van der Waals surface area contributed by atoms with Gasteiger partial charge in [-0.05, 0) is 30.7 Å². The highest BCUT2D eigenvalue weighted by molar-refractivity contribution is 9.09. The monoisotopic (exact) mass is 323 g/mol. The molecule has 0 N–H and O–H groups in total. The molecular weight excluding hydrogens is 302 g/mol. The third kappa shape index (κ3) is 4.34. The summed E-state index contributed by atoms with van der Waals surface area (Å²) in [5, 5.41) is 0.